The number of aliphatic hydroxyl groups excluding tert-OH is 1. The maximum Gasteiger partial charge on any atom is 0.223 e. The third kappa shape index (κ3) is 0.959. The lowest BCUT2D eigenvalue weighted by Gasteiger charge is -2.29. The van der Waals surface area contributed by atoms with Crippen molar-refractivity contribution in [3.05, 3.63) is 12.2 Å². The van der Waals surface area contributed by atoms with Crippen LogP contribution < -0.4 is 0 Å². The van der Waals surface area contributed by atoms with E-state index in [9.17, 15) is 9.90 Å². The average Bonchev–Trinajstić information content (AvgIpc) is 2.35. The van der Waals surface area contributed by atoms with Gasteiger partial charge >= 0.3 is 0 Å². The minimum absolute atomic E-state index is 0.0625. The second-order valence-electron chi connectivity index (χ2n) is 3.07. The number of hydrogen-bond donors (Lipinski definition) is 1. The van der Waals surface area contributed by atoms with E-state index in [0.717, 1.165) is 6.42 Å². The quantitative estimate of drug-likeness (QED) is 0.494. The first kappa shape index (κ1) is 6.85. The van der Waals surface area contributed by atoms with Gasteiger partial charge in [-0.3, -0.25) is 4.79 Å². The lowest BCUT2D eigenvalue weighted by atomic mass is 10.1. The van der Waals surface area contributed by atoms with E-state index in [4.69, 9.17) is 0 Å². The molecule has 2 heterocycles. The van der Waals surface area contributed by atoms with Crippen LogP contribution in [0.3, 0.4) is 0 Å². The Kier molecular flexibility index (Phi) is 1.46. The smallest absolute Gasteiger partial charge is 0.223 e. The van der Waals surface area contributed by atoms with Gasteiger partial charge in [0.25, 0.3) is 0 Å². The molecule has 0 unspecified atom stereocenters. The maximum absolute atomic E-state index is 11.1. The highest BCUT2D eigenvalue weighted by atomic mass is 16.3. The number of carbonyl (C=O) groups excluding carboxylic acids is 1. The molecule has 1 N–H and O–H groups in total. The normalized spacial score (nSPS) is 36.1. The van der Waals surface area contributed by atoms with Gasteiger partial charge in [-0.05, 0) is 6.42 Å². The van der Waals surface area contributed by atoms with Gasteiger partial charge < -0.3 is 10.0 Å². The Morgan fingerprint density at radius 3 is 3.18 bits per heavy atom. The molecule has 3 heteroatoms. The third-order valence-electron chi connectivity index (χ3n) is 2.40. The Labute approximate surface area is 65.3 Å². The van der Waals surface area contributed by atoms with Crippen LogP contribution in [0.5, 0.6) is 0 Å². The lowest BCUT2D eigenvalue weighted by Crippen LogP contribution is -2.42. The summed E-state index contributed by atoms with van der Waals surface area (Å²) in [4.78, 5) is 12.9. The van der Waals surface area contributed by atoms with E-state index < -0.39 is 6.10 Å². The van der Waals surface area contributed by atoms with Crippen LogP contribution in [0.4, 0.5) is 0 Å². The van der Waals surface area contributed by atoms with E-state index >= 15 is 0 Å². The van der Waals surface area contributed by atoms with Crippen molar-refractivity contribution in [2.75, 3.05) is 6.54 Å². The van der Waals surface area contributed by atoms with Crippen LogP contribution in [0.25, 0.3) is 0 Å². The molecule has 0 saturated carbocycles. The van der Waals surface area contributed by atoms with Crippen molar-refractivity contribution in [3.63, 3.8) is 0 Å². The summed E-state index contributed by atoms with van der Waals surface area (Å²) < 4.78 is 0. The van der Waals surface area contributed by atoms with Crippen LogP contribution in [0.1, 0.15) is 12.8 Å². The largest absolute Gasteiger partial charge is 0.387 e. The van der Waals surface area contributed by atoms with Gasteiger partial charge in [0.15, 0.2) is 0 Å². The summed E-state index contributed by atoms with van der Waals surface area (Å²) in [6.45, 7) is 0.681. The SMILES string of the molecule is O=C1CC[C@@H]2[C@@H](O)C=CCN12. The van der Waals surface area contributed by atoms with Crippen LogP contribution in [-0.2, 0) is 4.79 Å². The van der Waals surface area contributed by atoms with Crippen LogP contribution in [0, 0.1) is 0 Å². The molecule has 0 bridgehead atoms. The van der Waals surface area contributed by atoms with Crippen molar-refractivity contribution in [3.8, 4) is 0 Å². The fraction of sp³-hybridized carbons (Fsp3) is 0.625. The molecular weight excluding hydrogens is 142 g/mol. The Balaban J connectivity index is 2.21. The minimum Gasteiger partial charge on any atom is -0.387 e. The highest BCUT2D eigenvalue weighted by Crippen LogP contribution is 2.24. The van der Waals surface area contributed by atoms with E-state index in [0.29, 0.717) is 13.0 Å². The molecule has 0 aromatic rings. The molecule has 1 amide bonds. The van der Waals surface area contributed by atoms with Crippen LogP contribution in [0.15, 0.2) is 12.2 Å². The van der Waals surface area contributed by atoms with Crippen LogP contribution in [-0.4, -0.2) is 34.6 Å². The molecule has 0 aromatic heterocycles. The van der Waals surface area contributed by atoms with Gasteiger partial charge in [0.2, 0.25) is 5.91 Å². The first-order valence-corrected chi connectivity index (χ1v) is 3.93. The maximum atomic E-state index is 11.1. The number of nitrogens with zero attached hydrogens (tertiary/aromatic N) is 1. The van der Waals surface area contributed by atoms with Crippen molar-refractivity contribution < 1.29 is 9.90 Å². The molecule has 0 aliphatic carbocycles. The van der Waals surface area contributed by atoms with Gasteiger partial charge in [0, 0.05) is 13.0 Å². The number of amides is 1. The predicted molar refractivity (Wildman–Crippen MR) is 39.9 cm³/mol. The summed E-state index contributed by atoms with van der Waals surface area (Å²) in [5.41, 5.74) is 0. The minimum atomic E-state index is -0.435. The van der Waals surface area contributed by atoms with Crippen LogP contribution in [0.2, 0.25) is 0 Å². The first-order valence-electron chi connectivity index (χ1n) is 3.93. The first-order chi connectivity index (χ1) is 5.29. The molecule has 3 nitrogen and oxygen atoms in total. The van der Waals surface area contributed by atoms with Gasteiger partial charge in [-0.15, -0.1) is 0 Å². The molecule has 0 aromatic carbocycles. The molecular formula is C8H11NO2. The Morgan fingerprint density at radius 2 is 2.45 bits per heavy atom. The Bertz CT molecular complexity index is 212. The van der Waals surface area contributed by atoms with Gasteiger partial charge in [-0.1, -0.05) is 12.2 Å². The van der Waals surface area contributed by atoms with Gasteiger partial charge in [0.1, 0.15) is 0 Å². The zero-order valence-electron chi connectivity index (χ0n) is 6.23. The van der Waals surface area contributed by atoms with Crippen molar-refractivity contribution in [2.24, 2.45) is 0 Å². The number of fused-ring (bicyclic) bond motifs is 1. The van der Waals surface area contributed by atoms with Crippen molar-refractivity contribution in [1.82, 2.24) is 4.90 Å². The Hall–Kier alpha value is -0.830. The highest BCUT2D eigenvalue weighted by molar-refractivity contribution is 5.79. The van der Waals surface area contributed by atoms with E-state index in [-0.39, 0.29) is 11.9 Å². The zero-order valence-corrected chi connectivity index (χ0v) is 6.23. The Morgan fingerprint density at radius 1 is 1.64 bits per heavy atom. The second-order valence-corrected chi connectivity index (χ2v) is 3.07. The second kappa shape index (κ2) is 2.34. The summed E-state index contributed by atoms with van der Waals surface area (Å²) in [6.07, 6.45) is 4.60. The molecule has 1 fully saturated rings. The molecule has 0 spiro atoms. The predicted octanol–water partition coefficient (Wildman–Crippen LogP) is -0.0919. The van der Waals surface area contributed by atoms with Gasteiger partial charge in [0.05, 0.1) is 12.1 Å². The number of rotatable bonds is 0. The molecule has 2 aliphatic rings. The zero-order chi connectivity index (χ0) is 7.84. The lowest BCUT2D eigenvalue weighted by molar-refractivity contribution is -0.129. The third-order valence-corrected chi connectivity index (χ3v) is 2.40. The summed E-state index contributed by atoms with van der Waals surface area (Å²) in [7, 11) is 0. The molecule has 0 radical (unpaired) electrons. The topological polar surface area (TPSA) is 40.5 Å². The monoisotopic (exact) mass is 153 g/mol. The van der Waals surface area contributed by atoms with Crippen LogP contribution >= 0.6 is 0 Å². The number of hydrogen-bond acceptors (Lipinski definition) is 2. The fourth-order valence-electron chi connectivity index (χ4n) is 1.79. The molecule has 2 atom stereocenters. The summed E-state index contributed by atoms with van der Waals surface area (Å²) in [6, 6.07) is 0.0625. The standard InChI is InChI=1S/C8H11NO2/c10-7-2-1-5-9-6(7)3-4-8(9)11/h1-2,6-7,10H,3-5H2/t6-,7+/m1/s1. The van der Waals surface area contributed by atoms with Crippen molar-refractivity contribution >= 4 is 5.91 Å². The van der Waals surface area contributed by atoms with E-state index in [1.165, 1.54) is 0 Å². The number of aliphatic hydroxyl groups is 1. The summed E-state index contributed by atoms with van der Waals surface area (Å²) >= 11 is 0. The van der Waals surface area contributed by atoms with Gasteiger partial charge in [-0.25, -0.2) is 0 Å². The van der Waals surface area contributed by atoms with E-state index in [2.05, 4.69) is 0 Å². The molecule has 11 heavy (non-hydrogen) atoms. The highest BCUT2D eigenvalue weighted by Gasteiger charge is 2.35. The summed E-state index contributed by atoms with van der Waals surface area (Å²) in [5, 5.41) is 9.42. The average molecular weight is 153 g/mol. The molecule has 2 aliphatic heterocycles. The number of carbonyl (C=O) groups is 1. The van der Waals surface area contributed by atoms with E-state index in [1.54, 1.807) is 11.0 Å². The fourth-order valence-corrected chi connectivity index (χ4v) is 1.79. The van der Waals surface area contributed by atoms with Crippen molar-refractivity contribution in [2.45, 2.75) is 25.0 Å². The molecule has 1 saturated heterocycles. The summed E-state index contributed by atoms with van der Waals surface area (Å²) in [5.74, 6) is 0.179. The molecule has 2 rings (SSSR count). The van der Waals surface area contributed by atoms with Gasteiger partial charge in [-0.2, -0.15) is 0 Å². The van der Waals surface area contributed by atoms with E-state index in [1.807, 2.05) is 6.08 Å². The molecule has 60 valence electrons. The van der Waals surface area contributed by atoms with Crippen molar-refractivity contribution in [1.29, 1.82) is 0 Å².